The van der Waals surface area contributed by atoms with Crippen molar-refractivity contribution in [3.05, 3.63) is 69.0 Å². The number of carbonyl (C=O) groups excluding carboxylic acids is 1. The minimum absolute atomic E-state index is 0.205. The number of nitrogens with one attached hydrogen (secondary N) is 2. The number of aryl methyl sites for hydroxylation is 1. The Bertz CT molecular complexity index is 1060. The van der Waals surface area contributed by atoms with Gasteiger partial charge in [0, 0.05) is 12.7 Å². The summed E-state index contributed by atoms with van der Waals surface area (Å²) < 4.78 is 6.91. The zero-order valence-corrected chi connectivity index (χ0v) is 14.9. The summed E-state index contributed by atoms with van der Waals surface area (Å²) in [7, 11) is 0. The van der Waals surface area contributed by atoms with E-state index in [2.05, 4.69) is 15.3 Å². The van der Waals surface area contributed by atoms with Gasteiger partial charge in [0.05, 0.1) is 17.5 Å². The molecule has 8 nitrogen and oxygen atoms in total. The molecule has 0 spiro atoms. The van der Waals surface area contributed by atoms with Crippen molar-refractivity contribution in [1.29, 1.82) is 0 Å². The van der Waals surface area contributed by atoms with E-state index in [1.165, 1.54) is 16.8 Å². The van der Waals surface area contributed by atoms with Gasteiger partial charge in [-0.05, 0) is 24.6 Å². The van der Waals surface area contributed by atoms with Crippen LogP contribution in [0.4, 0.5) is 0 Å². The normalized spacial score (nSPS) is 10.7. The lowest BCUT2D eigenvalue weighted by atomic mass is 10.2. The lowest BCUT2D eigenvalue weighted by Gasteiger charge is -2.09. The summed E-state index contributed by atoms with van der Waals surface area (Å²) in [5.74, 6) is 0.355. The van der Waals surface area contributed by atoms with Gasteiger partial charge in [0.1, 0.15) is 18.0 Å². The largest absolute Gasteiger partial charge is 0.492 e. The molecule has 0 saturated carbocycles. The van der Waals surface area contributed by atoms with Gasteiger partial charge in [-0.1, -0.05) is 25.1 Å². The number of amides is 1. The number of hydrogen-bond acceptors (Lipinski definition) is 5. The van der Waals surface area contributed by atoms with Crippen LogP contribution in [-0.4, -0.2) is 33.6 Å². The molecule has 2 N–H and O–H groups in total. The molecule has 140 valence electrons. The van der Waals surface area contributed by atoms with Crippen molar-refractivity contribution in [2.24, 2.45) is 0 Å². The number of carbonyl (C=O) groups is 1. The lowest BCUT2D eigenvalue weighted by molar-refractivity contribution is 0.0947. The molecule has 8 heteroatoms. The number of rotatable bonds is 7. The Labute approximate surface area is 154 Å². The van der Waals surface area contributed by atoms with Gasteiger partial charge >= 0.3 is 5.69 Å². The highest BCUT2D eigenvalue weighted by Gasteiger charge is 2.12. The van der Waals surface area contributed by atoms with Gasteiger partial charge < -0.3 is 10.1 Å². The molecule has 3 aromatic rings. The van der Waals surface area contributed by atoms with Crippen molar-refractivity contribution in [1.82, 2.24) is 19.9 Å². The van der Waals surface area contributed by atoms with Crippen LogP contribution in [0, 0.1) is 0 Å². The highest BCUT2D eigenvalue weighted by molar-refractivity contribution is 5.96. The number of benzene rings is 1. The number of H-pyrrole nitrogens is 1. The van der Waals surface area contributed by atoms with Gasteiger partial charge in [0.25, 0.3) is 11.5 Å². The maximum Gasteiger partial charge on any atom is 0.329 e. The third-order valence-electron chi connectivity index (χ3n) is 3.94. The number of hydrogen-bond donors (Lipinski definition) is 2. The molecule has 0 atom stereocenters. The van der Waals surface area contributed by atoms with Crippen molar-refractivity contribution in [3.63, 3.8) is 0 Å². The number of para-hydroxylation sites is 1. The maximum atomic E-state index is 12.3. The molecule has 1 aromatic carbocycles. The van der Waals surface area contributed by atoms with Crippen molar-refractivity contribution < 1.29 is 9.53 Å². The van der Waals surface area contributed by atoms with E-state index >= 15 is 0 Å². The van der Waals surface area contributed by atoms with Gasteiger partial charge in [-0.3, -0.25) is 19.1 Å². The Hall–Kier alpha value is -3.42. The molecule has 0 aliphatic carbocycles. The van der Waals surface area contributed by atoms with Crippen LogP contribution in [0.5, 0.6) is 5.75 Å². The minimum atomic E-state index is -0.558. The van der Waals surface area contributed by atoms with E-state index in [0.29, 0.717) is 26.1 Å². The van der Waals surface area contributed by atoms with Crippen LogP contribution >= 0.6 is 0 Å². The Morgan fingerprint density at radius 3 is 2.78 bits per heavy atom. The highest BCUT2D eigenvalue weighted by Crippen LogP contribution is 2.09. The number of aromatic amines is 1. The lowest BCUT2D eigenvalue weighted by Crippen LogP contribution is -2.32. The van der Waals surface area contributed by atoms with Crippen LogP contribution in [-0.2, 0) is 6.54 Å². The van der Waals surface area contributed by atoms with Crippen LogP contribution in [0.2, 0.25) is 0 Å². The van der Waals surface area contributed by atoms with Gasteiger partial charge in [-0.2, -0.15) is 0 Å². The topological polar surface area (TPSA) is 106 Å². The molecule has 0 saturated heterocycles. The molecule has 0 bridgehead atoms. The van der Waals surface area contributed by atoms with Gasteiger partial charge in [0.15, 0.2) is 0 Å². The zero-order valence-electron chi connectivity index (χ0n) is 14.9. The molecular weight excluding hydrogens is 348 g/mol. The van der Waals surface area contributed by atoms with Crippen molar-refractivity contribution >= 4 is 16.9 Å². The summed E-state index contributed by atoms with van der Waals surface area (Å²) in [6.07, 6.45) is 2.08. The smallest absolute Gasteiger partial charge is 0.329 e. The SMILES string of the molecule is CCCn1c(=O)[nH]c(=O)c2cc(C(=O)NCCOc3ccccc3)cnc21. The maximum absolute atomic E-state index is 12.3. The molecule has 0 aliphatic rings. The summed E-state index contributed by atoms with van der Waals surface area (Å²) in [6.45, 7) is 2.97. The molecular formula is C19H20N4O4. The van der Waals surface area contributed by atoms with E-state index in [1.54, 1.807) is 0 Å². The fourth-order valence-corrected chi connectivity index (χ4v) is 2.68. The molecule has 2 heterocycles. The Morgan fingerprint density at radius 1 is 1.26 bits per heavy atom. The van der Waals surface area contributed by atoms with Crippen LogP contribution in [0.25, 0.3) is 11.0 Å². The molecule has 2 aromatic heterocycles. The molecule has 0 fully saturated rings. The number of fused-ring (bicyclic) bond motifs is 1. The monoisotopic (exact) mass is 368 g/mol. The van der Waals surface area contributed by atoms with Crippen molar-refractivity contribution in [2.45, 2.75) is 19.9 Å². The van der Waals surface area contributed by atoms with Gasteiger partial charge in [-0.25, -0.2) is 9.78 Å². The van der Waals surface area contributed by atoms with Crippen LogP contribution in [0.1, 0.15) is 23.7 Å². The van der Waals surface area contributed by atoms with E-state index in [0.717, 1.165) is 5.75 Å². The first-order chi connectivity index (χ1) is 13.1. The van der Waals surface area contributed by atoms with Crippen LogP contribution in [0.3, 0.4) is 0 Å². The zero-order chi connectivity index (χ0) is 19.2. The fraction of sp³-hybridized carbons (Fsp3) is 0.263. The third kappa shape index (κ3) is 4.22. The van der Waals surface area contributed by atoms with Crippen LogP contribution in [0.15, 0.2) is 52.2 Å². The number of ether oxygens (including phenoxy) is 1. The average Bonchev–Trinajstić information content (AvgIpc) is 2.69. The predicted octanol–water partition coefficient (Wildman–Crippen LogP) is 1.30. The summed E-state index contributed by atoms with van der Waals surface area (Å²) in [5.41, 5.74) is -0.544. The minimum Gasteiger partial charge on any atom is -0.492 e. The summed E-state index contributed by atoms with van der Waals surface area (Å²) >= 11 is 0. The Kier molecular flexibility index (Phi) is 5.65. The molecule has 0 aliphatic heterocycles. The van der Waals surface area contributed by atoms with E-state index in [-0.39, 0.29) is 22.5 Å². The summed E-state index contributed by atoms with van der Waals surface area (Å²) in [5, 5.41) is 2.92. The molecule has 1 amide bonds. The number of pyridine rings is 1. The van der Waals surface area contributed by atoms with Crippen molar-refractivity contribution in [3.8, 4) is 5.75 Å². The standard InChI is InChI=1S/C19H20N4O4/c1-2-9-23-16-15(18(25)22-19(23)26)11-13(12-21-16)17(24)20-8-10-27-14-6-4-3-5-7-14/h3-7,11-12H,2,8-10H2,1H3,(H,20,24)(H,22,25,26). The quantitative estimate of drug-likeness (QED) is 0.612. The second kappa shape index (κ2) is 8.31. The first-order valence-electron chi connectivity index (χ1n) is 8.69. The first-order valence-corrected chi connectivity index (χ1v) is 8.69. The summed E-state index contributed by atoms with van der Waals surface area (Å²) in [4.78, 5) is 42.7. The van der Waals surface area contributed by atoms with Crippen LogP contribution < -0.4 is 21.3 Å². The molecule has 27 heavy (non-hydrogen) atoms. The van der Waals surface area contributed by atoms with Gasteiger partial charge in [0.2, 0.25) is 0 Å². The summed E-state index contributed by atoms with van der Waals surface area (Å²) in [6, 6.07) is 10.7. The fourth-order valence-electron chi connectivity index (χ4n) is 2.68. The van der Waals surface area contributed by atoms with E-state index in [9.17, 15) is 14.4 Å². The number of nitrogens with zero attached hydrogens (tertiary/aromatic N) is 2. The van der Waals surface area contributed by atoms with E-state index in [4.69, 9.17) is 4.74 Å². The first kappa shape index (κ1) is 18.4. The second-order valence-corrected chi connectivity index (χ2v) is 5.92. The van der Waals surface area contributed by atoms with E-state index in [1.807, 2.05) is 37.3 Å². The third-order valence-corrected chi connectivity index (χ3v) is 3.94. The molecule has 0 radical (unpaired) electrons. The second-order valence-electron chi connectivity index (χ2n) is 5.92. The predicted molar refractivity (Wildman–Crippen MR) is 101 cm³/mol. The Morgan fingerprint density at radius 2 is 2.04 bits per heavy atom. The molecule has 3 rings (SSSR count). The average molecular weight is 368 g/mol. The highest BCUT2D eigenvalue weighted by atomic mass is 16.5. The van der Waals surface area contributed by atoms with Gasteiger partial charge in [-0.15, -0.1) is 0 Å². The number of aromatic nitrogens is 3. The Balaban J connectivity index is 1.72. The van der Waals surface area contributed by atoms with E-state index < -0.39 is 11.2 Å². The van der Waals surface area contributed by atoms with Crippen molar-refractivity contribution in [2.75, 3.05) is 13.2 Å². The molecule has 0 unspecified atom stereocenters.